The number of ketones is 1. The van der Waals surface area contributed by atoms with Gasteiger partial charge in [-0.3, -0.25) is 9.59 Å². The van der Waals surface area contributed by atoms with Gasteiger partial charge in [0, 0.05) is 31.7 Å². The molecule has 120 valence electrons. The maximum atomic E-state index is 12.2. The van der Waals surface area contributed by atoms with Crippen LogP contribution in [0.25, 0.3) is 11.0 Å². The first-order chi connectivity index (χ1) is 10.8. The minimum absolute atomic E-state index is 0.0729. The molecular weight excluding hydrogens is 304 g/mol. The smallest absolute Gasteiger partial charge is 0.196 e. The Morgan fingerprint density at radius 2 is 2.00 bits per heavy atom. The summed E-state index contributed by atoms with van der Waals surface area (Å²) in [5.41, 5.74) is -2.48. The minimum atomic E-state index is -1.81. The molecule has 23 heavy (non-hydrogen) atoms. The van der Waals surface area contributed by atoms with Crippen LogP contribution in [-0.2, 0) is 15.1 Å². The largest absolute Gasteiger partial charge is 0.508 e. The molecule has 1 aliphatic carbocycles. The number of aliphatic hydroxyl groups is 1. The Labute approximate surface area is 130 Å². The highest BCUT2D eigenvalue weighted by Crippen LogP contribution is 2.36. The first-order valence-corrected chi connectivity index (χ1v) is 6.82. The molecule has 0 fully saturated rings. The summed E-state index contributed by atoms with van der Waals surface area (Å²) in [5.74, 6) is -1.08. The highest BCUT2D eigenvalue weighted by molar-refractivity contribution is 5.91. The van der Waals surface area contributed by atoms with E-state index < -0.39 is 22.9 Å². The van der Waals surface area contributed by atoms with E-state index in [0.717, 1.165) is 18.2 Å². The van der Waals surface area contributed by atoms with Crippen molar-refractivity contribution in [1.29, 1.82) is 0 Å². The maximum Gasteiger partial charge on any atom is 0.196 e. The van der Waals surface area contributed by atoms with E-state index in [1.54, 1.807) is 0 Å². The topological polar surface area (TPSA) is 117 Å². The summed E-state index contributed by atoms with van der Waals surface area (Å²) in [6, 6.07) is 3.21. The van der Waals surface area contributed by atoms with Gasteiger partial charge in [-0.2, -0.15) is 0 Å². The Balaban J connectivity index is 2.26. The molecular formula is C16H14O7. The molecule has 1 heterocycles. The zero-order valence-electron chi connectivity index (χ0n) is 12.1. The van der Waals surface area contributed by atoms with Crippen LogP contribution < -0.4 is 5.43 Å². The second-order valence-electron chi connectivity index (χ2n) is 5.37. The van der Waals surface area contributed by atoms with Gasteiger partial charge in [-0.05, 0) is 12.2 Å². The van der Waals surface area contributed by atoms with E-state index in [1.165, 1.54) is 19.3 Å². The molecule has 1 aromatic carbocycles. The lowest BCUT2D eigenvalue weighted by Crippen LogP contribution is -2.43. The molecule has 7 nitrogen and oxygen atoms in total. The third kappa shape index (κ3) is 2.39. The zero-order chi connectivity index (χ0) is 16.8. The van der Waals surface area contributed by atoms with Gasteiger partial charge in [-0.15, -0.1) is 0 Å². The number of methoxy groups -OCH3 is 1. The molecule has 0 aliphatic heterocycles. The third-order valence-electron chi connectivity index (χ3n) is 3.87. The third-order valence-corrected chi connectivity index (χ3v) is 3.87. The monoisotopic (exact) mass is 318 g/mol. The summed E-state index contributed by atoms with van der Waals surface area (Å²) < 4.78 is 10.6. The number of benzene rings is 1. The molecule has 3 rings (SSSR count). The van der Waals surface area contributed by atoms with E-state index in [4.69, 9.17) is 9.15 Å². The van der Waals surface area contributed by atoms with Crippen LogP contribution in [0.3, 0.4) is 0 Å². The summed E-state index contributed by atoms with van der Waals surface area (Å²) in [5, 5.41) is 30.0. The average Bonchev–Trinajstić information content (AvgIpc) is 2.48. The molecule has 0 amide bonds. The molecule has 0 bridgehead atoms. The molecule has 2 unspecified atom stereocenters. The van der Waals surface area contributed by atoms with Gasteiger partial charge in [-0.1, -0.05) is 0 Å². The van der Waals surface area contributed by atoms with E-state index in [2.05, 4.69) is 0 Å². The number of carbonyl (C=O) groups excluding carboxylic acids is 1. The normalized spacial score (nSPS) is 24.3. The van der Waals surface area contributed by atoms with Crippen molar-refractivity contribution in [3.8, 4) is 11.5 Å². The van der Waals surface area contributed by atoms with Crippen molar-refractivity contribution in [3.05, 3.63) is 46.3 Å². The van der Waals surface area contributed by atoms with Crippen molar-refractivity contribution in [2.75, 3.05) is 7.11 Å². The summed E-state index contributed by atoms with van der Waals surface area (Å²) in [4.78, 5) is 23.7. The van der Waals surface area contributed by atoms with Gasteiger partial charge in [-0.25, -0.2) is 0 Å². The molecule has 3 N–H and O–H groups in total. The lowest BCUT2D eigenvalue weighted by atomic mass is 9.85. The Bertz CT molecular complexity index is 880. The summed E-state index contributed by atoms with van der Waals surface area (Å²) in [6.45, 7) is 0. The van der Waals surface area contributed by atoms with Crippen molar-refractivity contribution in [3.63, 3.8) is 0 Å². The van der Waals surface area contributed by atoms with Gasteiger partial charge in [0.2, 0.25) is 0 Å². The number of carbonyl (C=O) groups is 1. The van der Waals surface area contributed by atoms with Crippen LogP contribution in [0.4, 0.5) is 0 Å². The van der Waals surface area contributed by atoms with E-state index in [0.29, 0.717) is 0 Å². The van der Waals surface area contributed by atoms with Crippen molar-refractivity contribution in [1.82, 2.24) is 0 Å². The molecule has 1 aromatic heterocycles. The molecule has 0 saturated heterocycles. The number of allylic oxidation sites excluding steroid dienone is 1. The Morgan fingerprint density at radius 3 is 2.70 bits per heavy atom. The fraction of sp³-hybridized carbons (Fsp3) is 0.250. The highest BCUT2D eigenvalue weighted by atomic mass is 16.5. The van der Waals surface area contributed by atoms with Crippen LogP contribution in [-0.4, -0.2) is 34.3 Å². The number of rotatable bonds is 2. The highest BCUT2D eigenvalue weighted by Gasteiger charge is 2.43. The van der Waals surface area contributed by atoms with Crippen molar-refractivity contribution in [2.24, 2.45) is 0 Å². The second-order valence-corrected chi connectivity index (χ2v) is 5.37. The molecule has 0 saturated carbocycles. The van der Waals surface area contributed by atoms with E-state index in [9.17, 15) is 24.9 Å². The first-order valence-electron chi connectivity index (χ1n) is 6.82. The number of phenolic OH excluding ortho intramolecular Hbond substituents is 2. The van der Waals surface area contributed by atoms with Crippen molar-refractivity contribution < 1.29 is 29.3 Å². The lowest BCUT2D eigenvalue weighted by molar-refractivity contribution is -0.128. The Kier molecular flexibility index (Phi) is 3.46. The summed E-state index contributed by atoms with van der Waals surface area (Å²) in [7, 11) is 1.33. The predicted molar refractivity (Wildman–Crippen MR) is 79.3 cm³/mol. The summed E-state index contributed by atoms with van der Waals surface area (Å²) >= 11 is 0. The molecule has 7 heteroatoms. The molecule has 0 radical (unpaired) electrons. The van der Waals surface area contributed by atoms with Gasteiger partial charge in [0.25, 0.3) is 0 Å². The van der Waals surface area contributed by atoms with Gasteiger partial charge >= 0.3 is 0 Å². The van der Waals surface area contributed by atoms with Gasteiger partial charge in [0.05, 0.1) is 0 Å². The number of phenols is 2. The predicted octanol–water partition coefficient (Wildman–Crippen LogP) is 0.936. The Hall–Kier alpha value is -2.64. The fourth-order valence-corrected chi connectivity index (χ4v) is 2.69. The number of hydrogen-bond donors (Lipinski definition) is 3. The number of aromatic hydroxyl groups is 2. The maximum absolute atomic E-state index is 12.2. The van der Waals surface area contributed by atoms with Crippen molar-refractivity contribution >= 4 is 16.8 Å². The average molecular weight is 318 g/mol. The number of ether oxygens (including phenoxy) is 1. The van der Waals surface area contributed by atoms with E-state index in [-0.39, 0.29) is 34.7 Å². The second kappa shape index (κ2) is 5.22. The van der Waals surface area contributed by atoms with Crippen LogP contribution in [0.5, 0.6) is 11.5 Å². The number of fused-ring (bicyclic) bond motifs is 1. The number of hydrogen-bond acceptors (Lipinski definition) is 7. The van der Waals surface area contributed by atoms with Gasteiger partial charge in [0.1, 0.15) is 34.3 Å². The molecule has 0 spiro atoms. The lowest BCUT2D eigenvalue weighted by Gasteiger charge is -2.33. The standard InChI is InChI=1S/C16H14O7/c1-22-13-6-8(17)2-3-16(13,21)14-7-11(20)15-10(19)4-9(18)5-12(15)23-14/h2-5,7,13,18-19,21H,6H2,1H3. The van der Waals surface area contributed by atoms with E-state index in [1.807, 2.05) is 0 Å². The molecule has 1 aliphatic rings. The van der Waals surface area contributed by atoms with Gasteiger partial charge < -0.3 is 24.5 Å². The van der Waals surface area contributed by atoms with Crippen LogP contribution in [0.1, 0.15) is 12.2 Å². The van der Waals surface area contributed by atoms with Crippen LogP contribution in [0, 0.1) is 0 Å². The van der Waals surface area contributed by atoms with Crippen LogP contribution in [0.2, 0.25) is 0 Å². The Morgan fingerprint density at radius 1 is 1.26 bits per heavy atom. The van der Waals surface area contributed by atoms with Crippen LogP contribution >= 0.6 is 0 Å². The van der Waals surface area contributed by atoms with Crippen LogP contribution in [0.15, 0.2) is 39.6 Å². The first kappa shape index (κ1) is 15.3. The SMILES string of the molecule is COC1CC(=O)C=CC1(O)c1cc(=O)c2c(O)cc(O)cc2o1. The van der Waals surface area contributed by atoms with E-state index >= 15 is 0 Å². The minimum Gasteiger partial charge on any atom is -0.508 e. The quantitative estimate of drug-likeness (QED) is 0.754. The summed E-state index contributed by atoms with van der Waals surface area (Å²) in [6.07, 6.45) is 1.40. The van der Waals surface area contributed by atoms with Gasteiger partial charge in [0.15, 0.2) is 16.8 Å². The fourth-order valence-electron chi connectivity index (χ4n) is 2.69. The molecule has 2 atom stereocenters. The zero-order valence-corrected chi connectivity index (χ0v) is 12.1. The molecule has 2 aromatic rings. The van der Waals surface area contributed by atoms with Crippen molar-refractivity contribution in [2.45, 2.75) is 18.1 Å².